The fourth-order valence-electron chi connectivity index (χ4n) is 2.30. The predicted octanol–water partition coefficient (Wildman–Crippen LogP) is 3.53. The van der Waals surface area contributed by atoms with Crippen molar-refractivity contribution < 1.29 is 24.0 Å². The molecule has 0 saturated heterocycles. The molecule has 0 unspecified atom stereocenters. The van der Waals surface area contributed by atoms with E-state index in [1.165, 1.54) is 6.07 Å². The van der Waals surface area contributed by atoms with Crippen LogP contribution in [0.4, 0.5) is 5.69 Å². The molecule has 7 heteroatoms. The Morgan fingerprint density at radius 2 is 1.52 bits per heavy atom. The van der Waals surface area contributed by atoms with Crippen molar-refractivity contribution in [1.29, 1.82) is 0 Å². The maximum atomic E-state index is 12.5. The van der Waals surface area contributed by atoms with Crippen molar-refractivity contribution in [3.05, 3.63) is 68.3 Å². The molecule has 0 heterocycles. The van der Waals surface area contributed by atoms with Gasteiger partial charge in [-0.1, -0.05) is 12.1 Å². The van der Waals surface area contributed by atoms with Gasteiger partial charge in [0.15, 0.2) is 0 Å². The van der Waals surface area contributed by atoms with Crippen molar-refractivity contribution in [1.82, 2.24) is 0 Å². The van der Waals surface area contributed by atoms with Gasteiger partial charge in [0.05, 0.1) is 23.2 Å². The summed E-state index contributed by atoms with van der Waals surface area (Å²) in [5.41, 5.74) is 1.91. The van der Waals surface area contributed by atoms with Crippen LogP contribution in [0.3, 0.4) is 0 Å². The molecule has 0 bridgehead atoms. The molecule has 130 valence electrons. The number of nitrogens with zero attached hydrogens (tertiary/aromatic N) is 1. The van der Waals surface area contributed by atoms with Crippen molar-refractivity contribution in [3.8, 4) is 5.75 Å². The monoisotopic (exact) mass is 343 g/mol. The Bertz CT molecular complexity index is 872. The van der Waals surface area contributed by atoms with Crippen LogP contribution in [-0.4, -0.2) is 24.0 Å². The first-order valence-electron chi connectivity index (χ1n) is 7.41. The van der Waals surface area contributed by atoms with Crippen molar-refractivity contribution in [2.45, 2.75) is 20.8 Å². The zero-order valence-corrected chi connectivity index (χ0v) is 14.3. The quantitative estimate of drug-likeness (QED) is 0.365. The molecule has 0 fully saturated rings. The van der Waals surface area contributed by atoms with Crippen LogP contribution < -0.4 is 4.74 Å². The molecular formula is C18H17NO6. The molecule has 0 radical (unpaired) electrons. The lowest BCUT2D eigenvalue weighted by atomic mass is 10.1. The smallest absolute Gasteiger partial charge is 0.343 e. The highest BCUT2D eigenvalue weighted by molar-refractivity contribution is 5.97. The van der Waals surface area contributed by atoms with Gasteiger partial charge >= 0.3 is 11.9 Å². The minimum Gasteiger partial charge on any atom is -0.465 e. The largest absolute Gasteiger partial charge is 0.465 e. The topological polar surface area (TPSA) is 95.7 Å². The minimum atomic E-state index is -0.786. The third-order valence-corrected chi connectivity index (χ3v) is 3.85. The van der Waals surface area contributed by atoms with E-state index >= 15 is 0 Å². The summed E-state index contributed by atoms with van der Waals surface area (Å²) in [5, 5.41) is 11.1. The van der Waals surface area contributed by atoms with Gasteiger partial charge in [0.2, 0.25) is 0 Å². The second kappa shape index (κ2) is 7.12. The fraction of sp³-hybridized carbons (Fsp3) is 0.222. The van der Waals surface area contributed by atoms with Crippen molar-refractivity contribution in [2.24, 2.45) is 0 Å². The summed E-state index contributed by atoms with van der Waals surface area (Å²) in [6.45, 7) is 5.50. The highest BCUT2D eigenvalue weighted by Crippen LogP contribution is 2.27. The van der Waals surface area contributed by atoms with E-state index in [9.17, 15) is 19.7 Å². The number of aryl methyl sites for hydroxylation is 2. The minimum absolute atomic E-state index is 0.0960. The highest BCUT2D eigenvalue weighted by atomic mass is 16.6. The van der Waals surface area contributed by atoms with Crippen LogP contribution in [0.15, 0.2) is 30.3 Å². The van der Waals surface area contributed by atoms with Gasteiger partial charge in [0.25, 0.3) is 5.69 Å². The number of rotatable bonds is 4. The van der Waals surface area contributed by atoms with E-state index in [0.29, 0.717) is 5.75 Å². The van der Waals surface area contributed by atoms with E-state index in [2.05, 4.69) is 4.74 Å². The molecule has 2 aromatic rings. The Kier molecular flexibility index (Phi) is 5.17. The maximum absolute atomic E-state index is 12.5. The molecule has 0 N–H and O–H groups in total. The zero-order valence-electron chi connectivity index (χ0n) is 14.3. The van der Waals surface area contributed by atoms with Crippen molar-refractivity contribution >= 4 is 17.6 Å². The second-order valence-electron chi connectivity index (χ2n) is 5.56. The number of esters is 2. The number of nitro benzene ring substituents is 1. The second-order valence-corrected chi connectivity index (χ2v) is 5.56. The molecule has 25 heavy (non-hydrogen) atoms. The molecule has 0 spiro atoms. The van der Waals surface area contributed by atoms with Gasteiger partial charge in [-0.2, -0.15) is 0 Å². The Hall–Kier alpha value is -3.22. The standard InChI is InChI=1S/C18H17NO6/c1-10-5-6-11(2)16(12(10)3)25-18(21)14-7-13(17(20)24-4)8-15(9-14)19(22)23/h5-9H,1-4H3. The van der Waals surface area contributed by atoms with Crippen LogP contribution in [0, 0.1) is 30.9 Å². The number of ether oxygens (including phenoxy) is 2. The number of carbonyl (C=O) groups excluding carboxylic acids is 2. The van der Waals surface area contributed by atoms with Crippen LogP contribution in [0.25, 0.3) is 0 Å². The molecule has 0 aliphatic rings. The van der Waals surface area contributed by atoms with Crippen LogP contribution in [0.1, 0.15) is 37.4 Å². The van der Waals surface area contributed by atoms with E-state index in [4.69, 9.17) is 4.74 Å². The fourth-order valence-corrected chi connectivity index (χ4v) is 2.30. The molecule has 0 saturated carbocycles. The maximum Gasteiger partial charge on any atom is 0.343 e. The van der Waals surface area contributed by atoms with Gasteiger partial charge in [0.1, 0.15) is 5.75 Å². The van der Waals surface area contributed by atoms with E-state index in [1.54, 1.807) is 6.92 Å². The zero-order chi connectivity index (χ0) is 18.7. The molecule has 0 amide bonds. The van der Waals surface area contributed by atoms with Crippen molar-refractivity contribution in [2.75, 3.05) is 7.11 Å². The number of hydrogen-bond acceptors (Lipinski definition) is 6. The van der Waals surface area contributed by atoms with E-state index in [-0.39, 0.29) is 11.1 Å². The first-order valence-corrected chi connectivity index (χ1v) is 7.41. The highest BCUT2D eigenvalue weighted by Gasteiger charge is 2.20. The molecule has 0 atom stereocenters. The SMILES string of the molecule is COC(=O)c1cc(C(=O)Oc2c(C)ccc(C)c2C)cc([N+](=O)[O-])c1. The van der Waals surface area contributed by atoms with E-state index in [1.807, 2.05) is 26.0 Å². The van der Waals surface area contributed by atoms with Gasteiger partial charge in [0, 0.05) is 12.1 Å². The number of carbonyl (C=O) groups is 2. The Balaban J connectivity index is 2.46. The Morgan fingerprint density at radius 3 is 2.08 bits per heavy atom. The Morgan fingerprint density at radius 1 is 0.960 bits per heavy atom. The Labute approximate surface area is 144 Å². The molecule has 2 rings (SSSR count). The summed E-state index contributed by atoms with van der Waals surface area (Å²) < 4.78 is 10.00. The molecule has 7 nitrogen and oxygen atoms in total. The average molecular weight is 343 g/mol. The first kappa shape index (κ1) is 18.1. The van der Waals surface area contributed by atoms with Crippen molar-refractivity contribution in [3.63, 3.8) is 0 Å². The molecule has 2 aromatic carbocycles. The van der Waals surface area contributed by atoms with E-state index < -0.39 is 22.5 Å². The number of methoxy groups -OCH3 is 1. The number of hydrogen-bond donors (Lipinski definition) is 0. The summed E-state index contributed by atoms with van der Waals surface area (Å²) in [4.78, 5) is 34.5. The summed E-state index contributed by atoms with van der Waals surface area (Å²) in [6.07, 6.45) is 0. The first-order chi connectivity index (χ1) is 11.7. The third-order valence-electron chi connectivity index (χ3n) is 3.85. The van der Waals surface area contributed by atoms with Gasteiger partial charge in [-0.25, -0.2) is 9.59 Å². The van der Waals surface area contributed by atoms with Crippen LogP contribution in [0.5, 0.6) is 5.75 Å². The average Bonchev–Trinajstić information content (AvgIpc) is 2.60. The molecule has 0 aliphatic carbocycles. The molecule has 0 aromatic heterocycles. The summed E-state index contributed by atoms with van der Waals surface area (Å²) >= 11 is 0. The van der Waals surface area contributed by atoms with Crippen LogP contribution in [-0.2, 0) is 4.74 Å². The van der Waals surface area contributed by atoms with Gasteiger partial charge in [-0.3, -0.25) is 10.1 Å². The lowest BCUT2D eigenvalue weighted by molar-refractivity contribution is -0.384. The number of nitro groups is 1. The molecular weight excluding hydrogens is 326 g/mol. The normalized spacial score (nSPS) is 10.2. The van der Waals surface area contributed by atoms with Crippen LogP contribution in [0.2, 0.25) is 0 Å². The van der Waals surface area contributed by atoms with Gasteiger partial charge < -0.3 is 9.47 Å². The summed E-state index contributed by atoms with van der Waals surface area (Å²) in [5.74, 6) is -1.16. The lowest BCUT2D eigenvalue weighted by Crippen LogP contribution is -2.13. The lowest BCUT2D eigenvalue weighted by Gasteiger charge is -2.12. The predicted molar refractivity (Wildman–Crippen MR) is 90.0 cm³/mol. The summed E-state index contributed by atoms with van der Waals surface area (Å²) in [6, 6.07) is 7.05. The van der Waals surface area contributed by atoms with Crippen LogP contribution >= 0.6 is 0 Å². The third kappa shape index (κ3) is 3.82. The van der Waals surface area contributed by atoms with E-state index in [0.717, 1.165) is 35.9 Å². The van der Waals surface area contributed by atoms with Gasteiger partial charge in [-0.15, -0.1) is 0 Å². The van der Waals surface area contributed by atoms with Gasteiger partial charge in [-0.05, 0) is 43.5 Å². The number of non-ortho nitro benzene ring substituents is 1. The number of benzene rings is 2. The molecule has 0 aliphatic heterocycles. The summed E-state index contributed by atoms with van der Waals surface area (Å²) in [7, 11) is 1.15.